The molecule has 0 unspecified atom stereocenters. The highest BCUT2D eigenvalue weighted by Gasteiger charge is 2.14. The van der Waals surface area contributed by atoms with Gasteiger partial charge >= 0.3 is 6.61 Å². The maximum Gasteiger partial charge on any atom is 0.387 e. The van der Waals surface area contributed by atoms with Crippen molar-refractivity contribution in [3.8, 4) is 5.75 Å². The fourth-order valence-corrected chi connectivity index (χ4v) is 2.26. The number of halogens is 2. The normalized spacial score (nSPS) is 10.6. The third-order valence-corrected chi connectivity index (χ3v) is 3.43. The number of thiophene rings is 1. The number of hydrogen-bond acceptors (Lipinski definition) is 4. The first-order valence-electron chi connectivity index (χ1n) is 5.71. The Kier molecular flexibility index (Phi) is 4.57. The topological polar surface area (TPSA) is 43.4 Å². The highest BCUT2D eigenvalue weighted by atomic mass is 32.1. The van der Waals surface area contributed by atoms with Gasteiger partial charge in [0.1, 0.15) is 5.75 Å². The zero-order valence-electron chi connectivity index (χ0n) is 10.2. The molecule has 0 N–H and O–H groups in total. The quantitative estimate of drug-likeness (QED) is 0.601. The van der Waals surface area contributed by atoms with Gasteiger partial charge in [0.15, 0.2) is 11.6 Å². The first-order valence-corrected chi connectivity index (χ1v) is 6.59. The molecular formula is C14H10F2O3S. The summed E-state index contributed by atoms with van der Waals surface area (Å²) in [5.41, 5.74) is 0.288. The SMILES string of the molecule is O=C(CC(=O)c1cccs1)c1ccc(OC(F)F)cc1. The Labute approximate surface area is 117 Å². The van der Waals surface area contributed by atoms with Crippen LogP contribution in [0.5, 0.6) is 5.75 Å². The molecule has 0 aliphatic heterocycles. The van der Waals surface area contributed by atoms with Gasteiger partial charge in [0.05, 0.1) is 11.3 Å². The summed E-state index contributed by atoms with van der Waals surface area (Å²) in [4.78, 5) is 24.2. The van der Waals surface area contributed by atoms with Gasteiger partial charge in [0.25, 0.3) is 0 Å². The first-order chi connectivity index (χ1) is 9.56. The molecule has 0 atom stereocenters. The number of hydrogen-bond donors (Lipinski definition) is 0. The monoisotopic (exact) mass is 296 g/mol. The zero-order chi connectivity index (χ0) is 14.5. The van der Waals surface area contributed by atoms with Crippen LogP contribution in [0.15, 0.2) is 41.8 Å². The summed E-state index contributed by atoms with van der Waals surface area (Å²) < 4.78 is 28.1. The Hall–Kier alpha value is -2.08. The Morgan fingerprint density at radius 1 is 1.10 bits per heavy atom. The minimum atomic E-state index is -2.91. The second-order valence-electron chi connectivity index (χ2n) is 3.90. The van der Waals surface area contributed by atoms with E-state index in [0.29, 0.717) is 4.88 Å². The molecule has 0 fully saturated rings. The molecule has 0 radical (unpaired) electrons. The summed E-state index contributed by atoms with van der Waals surface area (Å²) in [6.07, 6.45) is -0.241. The molecule has 0 bridgehead atoms. The van der Waals surface area contributed by atoms with Crippen LogP contribution in [0.1, 0.15) is 26.5 Å². The maximum atomic E-state index is 12.0. The minimum absolute atomic E-state index is 0.0267. The lowest BCUT2D eigenvalue weighted by Crippen LogP contribution is -2.07. The van der Waals surface area contributed by atoms with E-state index in [2.05, 4.69) is 4.74 Å². The van der Waals surface area contributed by atoms with Crippen molar-refractivity contribution in [2.24, 2.45) is 0 Å². The van der Waals surface area contributed by atoms with Gasteiger partial charge in [-0.05, 0) is 35.7 Å². The number of carbonyl (C=O) groups excluding carboxylic acids is 2. The average molecular weight is 296 g/mol. The van der Waals surface area contributed by atoms with Crippen LogP contribution in [-0.2, 0) is 0 Å². The molecule has 2 rings (SSSR count). The van der Waals surface area contributed by atoms with E-state index in [1.807, 2.05) is 0 Å². The lowest BCUT2D eigenvalue weighted by molar-refractivity contribution is -0.0498. The number of Topliss-reactive ketones (excluding diaryl/α,β-unsaturated/α-hetero) is 2. The molecule has 0 spiro atoms. The average Bonchev–Trinajstić information content (AvgIpc) is 2.92. The van der Waals surface area contributed by atoms with Crippen molar-refractivity contribution in [3.63, 3.8) is 0 Å². The van der Waals surface area contributed by atoms with Crippen molar-refractivity contribution < 1.29 is 23.1 Å². The molecule has 6 heteroatoms. The van der Waals surface area contributed by atoms with Gasteiger partial charge in [-0.2, -0.15) is 8.78 Å². The van der Waals surface area contributed by atoms with Gasteiger partial charge in [-0.25, -0.2) is 0 Å². The van der Waals surface area contributed by atoms with E-state index in [0.717, 1.165) is 0 Å². The Balaban J connectivity index is 2.00. The summed E-state index contributed by atoms with van der Waals surface area (Å²) in [5, 5.41) is 1.76. The van der Waals surface area contributed by atoms with Gasteiger partial charge in [0, 0.05) is 5.56 Å². The Bertz CT molecular complexity index is 591. The molecule has 1 aromatic carbocycles. The molecule has 0 saturated heterocycles. The minimum Gasteiger partial charge on any atom is -0.435 e. The fourth-order valence-electron chi connectivity index (χ4n) is 1.59. The molecule has 20 heavy (non-hydrogen) atoms. The molecule has 0 saturated carbocycles. The van der Waals surface area contributed by atoms with Crippen LogP contribution in [0, 0.1) is 0 Å². The number of ketones is 2. The highest BCUT2D eigenvalue weighted by molar-refractivity contribution is 7.12. The summed E-state index contributed by atoms with van der Waals surface area (Å²) in [6, 6.07) is 8.66. The van der Waals surface area contributed by atoms with Gasteiger partial charge in [-0.15, -0.1) is 11.3 Å². The summed E-state index contributed by atoms with van der Waals surface area (Å²) in [6.45, 7) is -2.91. The van der Waals surface area contributed by atoms with Gasteiger partial charge in [0.2, 0.25) is 0 Å². The molecular weight excluding hydrogens is 286 g/mol. The van der Waals surface area contributed by atoms with Crippen molar-refractivity contribution in [2.45, 2.75) is 13.0 Å². The van der Waals surface area contributed by atoms with E-state index in [1.54, 1.807) is 17.5 Å². The maximum absolute atomic E-state index is 12.0. The molecule has 104 valence electrons. The van der Waals surface area contributed by atoms with Crippen LogP contribution in [0.2, 0.25) is 0 Å². The molecule has 2 aromatic rings. The molecule has 1 heterocycles. The van der Waals surface area contributed by atoms with Crippen LogP contribution in [0.4, 0.5) is 8.78 Å². The second-order valence-corrected chi connectivity index (χ2v) is 4.85. The van der Waals surface area contributed by atoms with Gasteiger partial charge in [-0.1, -0.05) is 6.07 Å². The first kappa shape index (κ1) is 14.3. The van der Waals surface area contributed by atoms with E-state index >= 15 is 0 Å². The molecule has 0 aliphatic rings. The van der Waals surface area contributed by atoms with Crippen molar-refractivity contribution >= 4 is 22.9 Å². The van der Waals surface area contributed by atoms with Crippen molar-refractivity contribution in [3.05, 3.63) is 52.2 Å². The Morgan fingerprint density at radius 2 is 1.80 bits per heavy atom. The van der Waals surface area contributed by atoms with Crippen molar-refractivity contribution in [2.75, 3.05) is 0 Å². The van der Waals surface area contributed by atoms with E-state index in [-0.39, 0.29) is 29.3 Å². The van der Waals surface area contributed by atoms with E-state index in [9.17, 15) is 18.4 Å². The molecule has 0 amide bonds. The Morgan fingerprint density at radius 3 is 2.35 bits per heavy atom. The van der Waals surface area contributed by atoms with E-state index in [4.69, 9.17) is 0 Å². The number of ether oxygens (including phenoxy) is 1. The van der Waals surface area contributed by atoms with Crippen LogP contribution < -0.4 is 4.74 Å². The van der Waals surface area contributed by atoms with Crippen LogP contribution in [0.3, 0.4) is 0 Å². The number of alkyl halides is 2. The predicted octanol–water partition coefficient (Wildman–Crippen LogP) is 3.81. The smallest absolute Gasteiger partial charge is 0.387 e. The van der Waals surface area contributed by atoms with Crippen molar-refractivity contribution in [1.82, 2.24) is 0 Å². The lowest BCUT2D eigenvalue weighted by atomic mass is 10.1. The number of benzene rings is 1. The second kappa shape index (κ2) is 6.38. The highest BCUT2D eigenvalue weighted by Crippen LogP contribution is 2.17. The van der Waals surface area contributed by atoms with Crippen molar-refractivity contribution in [1.29, 1.82) is 0 Å². The summed E-state index contributed by atoms with van der Waals surface area (Å²) >= 11 is 1.27. The van der Waals surface area contributed by atoms with Crippen LogP contribution in [-0.4, -0.2) is 18.2 Å². The van der Waals surface area contributed by atoms with E-state index < -0.39 is 6.61 Å². The summed E-state index contributed by atoms with van der Waals surface area (Å²) in [7, 11) is 0. The summed E-state index contributed by atoms with van der Waals surface area (Å²) in [5.74, 6) is -0.633. The zero-order valence-corrected chi connectivity index (χ0v) is 11.0. The van der Waals surface area contributed by atoms with E-state index in [1.165, 1.54) is 35.6 Å². The lowest BCUT2D eigenvalue weighted by Gasteiger charge is -2.05. The third kappa shape index (κ3) is 3.71. The molecule has 3 nitrogen and oxygen atoms in total. The largest absolute Gasteiger partial charge is 0.435 e. The van der Waals surface area contributed by atoms with Gasteiger partial charge in [-0.3, -0.25) is 9.59 Å². The third-order valence-electron chi connectivity index (χ3n) is 2.52. The molecule has 1 aromatic heterocycles. The predicted molar refractivity (Wildman–Crippen MR) is 70.7 cm³/mol. The fraction of sp³-hybridized carbons (Fsp3) is 0.143. The standard InChI is InChI=1S/C14H10F2O3S/c15-14(16)19-10-5-3-9(4-6-10)11(17)8-12(18)13-2-1-7-20-13/h1-7,14H,8H2. The van der Waals surface area contributed by atoms with Crippen LogP contribution >= 0.6 is 11.3 Å². The van der Waals surface area contributed by atoms with Crippen LogP contribution in [0.25, 0.3) is 0 Å². The number of carbonyl (C=O) groups is 2. The number of rotatable bonds is 6. The molecule has 0 aliphatic carbocycles. The van der Waals surface area contributed by atoms with Gasteiger partial charge < -0.3 is 4.74 Å².